The third-order valence-corrected chi connectivity index (χ3v) is 13.2. The second-order valence-electron chi connectivity index (χ2n) is 17.2. The first kappa shape index (κ1) is 40.5. The molecule has 68 heavy (non-hydrogen) atoms. The van der Waals surface area contributed by atoms with Gasteiger partial charge in [-0.2, -0.15) is 0 Å². The molecule has 0 spiro atoms. The second kappa shape index (κ2) is 17.8. The summed E-state index contributed by atoms with van der Waals surface area (Å²) in [6.45, 7) is 0. The molecule has 2 nitrogen and oxygen atoms in total. The molecule has 0 fully saturated rings. The molecular formula is C66H46N2. The average molecular weight is 867 g/mol. The molecule has 0 amide bonds. The van der Waals surface area contributed by atoms with Gasteiger partial charge in [0.1, 0.15) is 0 Å². The number of nitrogens with zero attached hydrogens (tertiary/aromatic N) is 2. The Balaban J connectivity index is 1.06. The highest BCUT2D eigenvalue weighted by molar-refractivity contribution is 6.11. The van der Waals surface area contributed by atoms with E-state index in [1.807, 2.05) is 0 Å². The lowest BCUT2D eigenvalue weighted by atomic mass is 9.89. The summed E-state index contributed by atoms with van der Waals surface area (Å²) >= 11 is 0. The monoisotopic (exact) mass is 866 g/mol. The van der Waals surface area contributed by atoms with Crippen LogP contribution in [0.4, 0.5) is 17.1 Å². The van der Waals surface area contributed by atoms with Gasteiger partial charge >= 0.3 is 0 Å². The minimum absolute atomic E-state index is 1.07. The van der Waals surface area contributed by atoms with Crippen LogP contribution in [0.25, 0.3) is 94.3 Å². The van der Waals surface area contributed by atoms with E-state index in [2.05, 4.69) is 289 Å². The Morgan fingerprint density at radius 2 is 0.647 bits per heavy atom. The lowest BCUT2D eigenvalue weighted by molar-refractivity contribution is 1.18. The van der Waals surface area contributed by atoms with Gasteiger partial charge in [-0.25, -0.2) is 0 Å². The molecule has 12 rings (SSSR count). The molecule has 0 atom stereocenters. The lowest BCUT2D eigenvalue weighted by Crippen LogP contribution is -2.11. The molecule has 320 valence electrons. The van der Waals surface area contributed by atoms with Crippen LogP contribution in [-0.4, -0.2) is 4.57 Å². The first-order valence-electron chi connectivity index (χ1n) is 23.3. The smallest absolute Gasteiger partial charge is 0.0561 e. The summed E-state index contributed by atoms with van der Waals surface area (Å²) in [6.07, 6.45) is 0. The molecule has 11 aromatic carbocycles. The Kier molecular flexibility index (Phi) is 10.6. The third-order valence-electron chi connectivity index (χ3n) is 13.2. The highest BCUT2D eigenvalue weighted by Crippen LogP contribution is 2.47. The standard InChI is InChI=1S/C66H46N2/c1-5-21-47(22-6-1)55-29-13-14-31-57(55)50-37-40-53(41-38-50)68-64-36-20-19-35-61(64)62-43-42-54(46-66(62)68)67(52-27-11-4-12-28-52)65-44-39-51(59-33-16-15-30-56(59)48-23-7-2-8-24-48)45-63(65)60-34-18-17-32-58(60)49-25-9-3-10-26-49/h1-46H. The van der Waals surface area contributed by atoms with E-state index < -0.39 is 0 Å². The molecule has 0 aliphatic rings. The molecule has 0 unspecified atom stereocenters. The minimum atomic E-state index is 1.07. The first-order valence-corrected chi connectivity index (χ1v) is 23.3. The molecule has 1 aromatic heterocycles. The van der Waals surface area contributed by atoms with Crippen LogP contribution in [0.3, 0.4) is 0 Å². The number of fused-ring (bicyclic) bond motifs is 3. The SMILES string of the molecule is c1ccc(-c2ccccc2-c2ccc(-n3c4ccccc4c4ccc(N(c5ccccc5)c5ccc(-c6ccccc6-c6ccccc6)cc5-c5ccccc5-c5ccccc5)cc43)cc2)cc1. The van der Waals surface area contributed by atoms with Crippen LogP contribution in [0, 0.1) is 0 Å². The van der Waals surface area contributed by atoms with Gasteiger partial charge in [-0.05, 0) is 116 Å². The van der Waals surface area contributed by atoms with Crippen molar-refractivity contribution in [2.24, 2.45) is 0 Å². The number of rotatable bonds is 10. The molecule has 0 aliphatic heterocycles. The Bertz CT molecular complexity index is 3710. The maximum absolute atomic E-state index is 2.44. The van der Waals surface area contributed by atoms with E-state index in [4.69, 9.17) is 0 Å². The number of anilines is 3. The van der Waals surface area contributed by atoms with E-state index in [0.29, 0.717) is 0 Å². The molecule has 0 bridgehead atoms. The van der Waals surface area contributed by atoms with E-state index in [-0.39, 0.29) is 0 Å². The molecule has 1 heterocycles. The normalized spacial score (nSPS) is 11.2. The quantitative estimate of drug-likeness (QED) is 0.133. The van der Waals surface area contributed by atoms with Gasteiger partial charge < -0.3 is 9.47 Å². The van der Waals surface area contributed by atoms with Gasteiger partial charge in [-0.1, -0.05) is 224 Å². The number of benzene rings is 11. The van der Waals surface area contributed by atoms with Gasteiger partial charge in [0.25, 0.3) is 0 Å². The van der Waals surface area contributed by atoms with Crippen LogP contribution in [0.1, 0.15) is 0 Å². The van der Waals surface area contributed by atoms with Crippen LogP contribution in [0.2, 0.25) is 0 Å². The first-order chi connectivity index (χ1) is 33.8. The zero-order valence-corrected chi connectivity index (χ0v) is 37.5. The maximum Gasteiger partial charge on any atom is 0.0561 e. The van der Waals surface area contributed by atoms with Gasteiger partial charge in [0, 0.05) is 33.4 Å². The van der Waals surface area contributed by atoms with Gasteiger partial charge in [-0.15, -0.1) is 0 Å². The molecule has 0 saturated heterocycles. The summed E-state index contributed by atoms with van der Waals surface area (Å²) in [7, 11) is 0. The van der Waals surface area contributed by atoms with Gasteiger partial charge in [0.2, 0.25) is 0 Å². The number of para-hydroxylation sites is 2. The number of hydrogen-bond donors (Lipinski definition) is 0. The zero-order chi connectivity index (χ0) is 45.2. The summed E-state index contributed by atoms with van der Waals surface area (Å²) in [5.74, 6) is 0. The van der Waals surface area contributed by atoms with Gasteiger partial charge in [0.15, 0.2) is 0 Å². The van der Waals surface area contributed by atoms with Crippen LogP contribution in [0.15, 0.2) is 279 Å². The fourth-order valence-electron chi connectivity index (χ4n) is 10.1. The minimum Gasteiger partial charge on any atom is -0.310 e. The molecule has 0 saturated carbocycles. The molecular weight excluding hydrogens is 821 g/mol. The summed E-state index contributed by atoms with van der Waals surface area (Å²) < 4.78 is 2.43. The number of aromatic nitrogens is 1. The van der Waals surface area contributed by atoms with E-state index >= 15 is 0 Å². The number of hydrogen-bond acceptors (Lipinski definition) is 1. The van der Waals surface area contributed by atoms with Crippen molar-refractivity contribution in [2.75, 3.05) is 4.90 Å². The molecule has 0 N–H and O–H groups in total. The van der Waals surface area contributed by atoms with Crippen molar-refractivity contribution in [3.8, 4) is 72.4 Å². The zero-order valence-electron chi connectivity index (χ0n) is 37.5. The summed E-state index contributed by atoms with van der Waals surface area (Å²) in [5.41, 5.74) is 20.9. The summed E-state index contributed by atoms with van der Waals surface area (Å²) in [5, 5.41) is 2.43. The van der Waals surface area contributed by atoms with Crippen LogP contribution in [0.5, 0.6) is 0 Å². The van der Waals surface area contributed by atoms with E-state index in [1.165, 1.54) is 66.4 Å². The van der Waals surface area contributed by atoms with Crippen molar-refractivity contribution in [3.05, 3.63) is 279 Å². The molecule has 12 aromatic rings. The van der Waals surface area contributed by atoms with Crippen LogP contribution in [-0.2, 0) is 0 Å². The maximum atomic E-state index is 2.44. The van der Waals surface area contributed by atoms with Crippen molar-refractivity contribution in [1.82, 2.24) is 4.57 Å². The lowest BCUT2D eigenvalue weighted by Gasteiger charge is -2.29. The average Bonchev–Trinajstić information content (AvgIpc) is 3.76. The highest BCUT2D eigenvalue weighted by Gasteiger charge is 2.23. The van der Waals surface area contributed by atoms with Crippen LogP contribution >= 0.6 is 0 Å². The third kappa shape index (κ3) is 7.45. The molecule has 2 heteroatoms. The summed E-state index contributed by atoms with van der Waals surface area (Å²) in [4.78, 5) is 2.44. The predicted octanol–water partition coefficient (Wildman–Crippen LogP) is 18.3. The Morgan fingerprint density at radius 3 is 1.21 bits per heavy atom. The van der Waals surface area contributed by atoms with Crippen molar-refractivity contribution < 1.29 is 0 Å². The van der Waals surface area contributed by atoms with Crippen molar-refractivity contribution >= 4 is 38.9 Å². The Labute approximate surface area is 397 Å². The molecule has 0 aliphatic carbocycles. The van der Waals surface area contributed by atoms with Crippen molar-refractivity contribution in [2.45, 2.75) is 0 Å². The van der Waals surface area contributed by atoms with Crippen molar-refractivity contribution in [3.63, 3.8) is 0 Å². The topological polar surface area (TPSA) is 8.17 Å². The Hall–Kier alpha value is -8.98. The van der Waals surface area contributed by atoms with E-state index in [1.54, 1.807) is 0 Å². The highest BCUT2D eigenvalue weighted by atomic mass is 15.1. The van der Waals surface area contributed by atoms with E-state index in [0.717, 1.165) is 45.0 Å². The van der Waals surface area contributed by atoms with Crippen molar-refractivity contribution in [1.29, 1.82) is 0 Å². The van der Waals surface area contributed by atoms with Gasteiger partial charge in [0.05, 0.1) is 16.7 Å². The van der Waals surface area contributed by atoms with Crippen LogP contribution < -0.4 is 4.90 Å². The Morgan fingerprint density at radius 1 is 0.235 bits per heavy atom. The molecule has 0 radical (unpaired) electrons. The predicted molar refractivity (Wildman–Crippen MR) is 288 cm³/mol. The fraction of sp³-hybridized carbons (Fsp3) is 0. The van der Waals surface area contributed by atoms with E-state index in [9.17, 15) is 0 Å². The largest absolute Gasteiger partial charge is 0.310 e. The second-order valence-corrected chi connectivity index (χ2v) is 17.2. The summed E-state index contributed by atoms with van der Waals surface area (Å²) in [6, 6.07) is 101. The fourth-order valence-corrected chi connectivity index (χ4v) is 10.1. The van der Waals surface area contributed by atoms with Gasteiger partial charge in [-0.3, -0.25) is 0 Å².